The standard InChI is InChI=1S/C36H40BrN3O5S/c1-5-45-32-18-16-31(17-19-32)40(46(43,44)33-20-14-30(37)15-21-33)25-35(41)39(24-29-13-9-10-27(4)22-29)34(36(42)38-26(2)3)23-28-11-7-6-8-12-28/h6-22,26,34H,5,23-25H2,1-4H3,(H,38,42). The first-order valence-electron chi connectivity index (χ1n) is 15.2. The van der Waals surface area contributed by atoms with Crippen LogP contribution in [-0.2, 0) is 32.6 Å². The molecule has 0 fully saturated rings. The van der Waals surface area contributed by atoms with Crippen LogP contribution in [0.5, 0.6) is 5.75 Å². The average molecular weight is 707 g/mol. The van der Waals surface area contributed by atoms with Crippen LogP contribution in [0.25, 0.3) is 0 Å². The molecule has 0 aromatic heterocycles. The molecule has 0 radical (unpaired) electrons. The van der Waals surface area contributed by atoms with E-state index in [-0.39, 0.29) is 29.8 Å². The van der Waals surface area contributed by atoms with Crippen molar-refractivity contribution in [3.8, 4) is 5.75 Å². The number of rotatable bonds is 14. The maximum Gasteiger partial charge on any atom is 0.264 e. The lowest BCUT2D eigenvalue weighted by Crippen LogP contribution is -2.54. The predicted molar refractivity (Wildman–Crippen MR) is 185 cm³/mol. The molecular formula is C36H40BrN3O5S. The monoisotopic (exact) mass is 705 g/mol. The van der Waals surface area contributed by atoms with Crippen molar-refractivity contribution in [2.75, 3.05) is 17.5 Å². The van der Waals surface area contributed by atoms with Crippen molar-refractivity contribution in [3.63, 3.8) is 0 Å². The van der Waals surface area contributed by atoms with Gasteiger partial charge >= 0.3 is 0 Å². The van der Waals surface area contributed by atoms with Gasteiger partial charge in [-0.1, -0.05) is 76.1 Å². The molecule has 0 spiro atoms. The van der Waals surface area contributed by atoms with Gasteiger partial charge in [-0.25, -0.2) is 8.42 Å². The lowest BCUT2D eigenvalue weighted by Gasteiger charge is -2.34. The Hall–Kier alpha value is -4.15. The van der Waals surface area contributed by atoms with E-state index in [1.807, 2.05) is 82.3 Å². The fraction of sp³-hybridized carbons (Fsp3) is 0.278. The van der Waals surface area contributed by atoms with E-state index < -0.39 is 28.5 Å². The van der Waals surface area contributed by atoms with Gasteiger partial charge in [-0.05, 0) is 87.4 Å². The number of hydrogen-bond donors (Lipinski definition) is 1. The van der Waals surface area contributed by atoms with Crippen LogP contribution in [0.4, 0.5) is 5.69 Å². The number of carbonyl (C=O) groups is 2. The summed E-state index contributed by atoms with van der Waals surface area (Å²) in [6.45, 7) is 7.58. The molecule has 46 heavy (non-hydrogen) atoms. The Bertz CT molecular complexity index is 1710. The van der Waals surface area contributed by atoms with E-state index in [0.29, 0.717) is 18.0 Å². The predicted octanol–water partition coefficient (Wildman–Crippen LogP) is 6.52. The first kappa shape index (κ1) is 34.7. The lowest BCUT2D eigenvalue weighted by molar-refractivity contribution is -0.140. The highest BCUT2D eigenvalue weighted by atomic mass is 79.9. The van der Waals surface area contributed by atoms with Crippen LogP contribution in [0.2, 0.25) is 0 Å². The molecule has 1 unspecified atom stereocenters. The number of aryl methyl sites for hydroxylation is 1. The van der Waals surface area contributed by atoms with E-state index >= 15 is 0 Å². The van der Waals surface area contributed by atoms with Crippen molar-refractivity contribution in [1.29, 1.82) is 0 Å². The SMILES string of the molecule is CCOc1ccc(N(CC(=O)N(Cc2cccc(C)c2)C(Cc2ccccc2)C(=O)NC(C)C)S(=O)(=O)c2ccc(Br)cc2)cc1. The molecule has 4 aromatic rings. The highest BCUT2D eigenvalue weighted by Gasteiger charge is 2.35. The third-order valence-corrected chi connectivity index (χ3v) is 9.57. The second kappa shape index (κ2) is 15.9. The third kappa shape index (κ3) is 9.20. The Morgan fingerprint density at radius 3 is 2.13 bits per heavy atom. The fourth-order valence-corrected chi connectivity index (χ4v) is 6.76. The number of benzene rings is 4. The minimum absolute atomic E-state index is 0.0287. The van der Waals surface area contributed by atoms with Crippen LogP contribution < -0.4 is 14.4 Å². The molecule has 0 aliphatic heterocycles. The quantitative estimate of drug-likeness (QED) is 0.161. The van der Waals surface area contributed by atoms with Crippen molar-refractivity contribution in [1.82, 2.24) is 10.2 Å². The van der Waals surface area contributed by atoms with Crippen molar-refractivity contribution in [2.45, 2.75) is 57.6 Å². The number of anilines is 1. The Kier molecular flexibility index (Phi) is 12.0. The number of amides is 2. The van der Waals surface area contributed by atoms with Gasteiger partial charge in [0.15, 0.2) is 0 Å². The van der Waals surface area contributed by atoms with Crippen LogP contribution in [0, 0.1) is 6.92 Å². The molecule has 0 heterocycles. The maximum atomic E-state index is 14.5. The number of nitrogens with one attached hydrogen (secondary N) is 1. The first-order valence-corrected chi connectivity index (χ1v) is 17.4. The van der Waals surface area contributed by atoms with Crippen LogP contribution in [0.15, 0.2) is 112 Å². The molecule has 242 valence electrons. The molecule has 1 atom stereocenters. The zero-order valence-electron chi connectivity index (χ0n) is 26.5. The van der Waals surface area contributed by atoms with E-state index in [1.165, 1.54) is 17.0 Å². The molecular weight excluding hydrogens is 666 g/mol. The van der Waals surface area contributed by atoms with Gasteiger partial charge < -0.3 is 15.0 Å². The van der Waals surface area contributed by atoms with Crippen LogP contribution in [-0.4, -0.2) is 50.4 Å². The number of sulfonamides is 1. The zero-order valence-corrected chi connectivity index (χ0v) is 28.9. The van der Waals surface area contributed by atoms with Crippen molar-refractivity contribution in [2.24, 2.45) is 0 Å². The average Bonchev–Trinajstić information content (AvgIpc) is 3.02. The summed E-state index contributed by atoms with van der Waals surface area (Å²) in [6.07, 6.45) is 0.249. The first-order chi connectivity index (χ1) is 22.0. The van der Waals surface area contributed by atoms with Crippen LogP contribution in [0.3, 0.4) is 0 Å². The summed E-state index contributed by atoms with van der Waals surface area (Å²) in [5.41, 5.74) is 3.00. The largest absolute Gasteiger partial charge is 0.494 e. The van der Waals surface area contributed by atoms with Gasteiger partial charge in [0.2, 0.25) is 11.8 Å². The smallest absolute Gasteiger partial charge is 0.264 e. The molecule has 4 aromatic carbocycles. The molecule has 4 rings (SSSR count). The van der Waals surface area contributed by atoms with E-state index in [9.17, 15) is 18.0 Å². The minimum atomic E-state index is -4.20. The van der Waals surface area contributed by atoms with E-state index in [0.717, 1.165) is 25.5 Å². The van der Waals surface area contributed by atoms with Gasteiger partial charge in [0.1, 0.15) is 18.3 Å². The second-order valence-electron chi connectivity index (χ2n) is 11.3. The molecule has 2 amide bonds. The molecule has 1 N–H and O–H groups in total. The summed E-state index contributed by atoms with van der Waals surface area (Å²) < 4.78 is 35.8. The summed E-state index contributed by atoms with van der Waals surface area (Å²) in [4.78, 5) is 29.9. The molecule has 0 bridgehead atoms. The summed E-state index contributed by atoms with van der Waals surface area (Å²) >= 11 is 3.37. The molecule has 0 saturated carbocycles. The van der Waals surface area contributed by atoms with Gasteiger partial charge in [-0.15, -0.1) is 0 Å². The number of ether oxygens (including phenoxy) is 1. The highest BCUT2D eigenvalue weighted by Crippen LogP contribution is 2.28. The topological polar surface area (TPSA) is 96.0 Å². The van der Waals surface area contributed by atoms with Crippen molar-refractivity contribution in [3.05, 3.63) is 124 Å². The van der Waals surface area contributed by atoms with Crippen molar-refractivity contribution < 1.29 is 22.7 Å². The lowest BCUT2D eigenvalue weighted by atomic mass is 10.0. The second-order valence-corrected chi connectivity index (χ2v) is 14.1. The Balaban J connectivity index is 1.80. The number of hydrogen-bond acceptors (Lipinski definition) is 5. The molecule has 10 heteroatoms. The molecule has 0 aliphatic rings. The van der Waals surface area contributed by atoms with Crippen molar-refractivity contribution >= 4 is 43.5 Å². The Labute approximate surface area is 280 Å². The van der Waals surface area contributed by atoms with Gasteiger partial charge in [-0.3, -0.25) is 13.9 Å². The normalized spacial score (nSPS) is 12.0. The summed E-state index contributed by atoms with van der Waals surface area (Å²) in [5.74, 6) is -0.257. The van der Waals surface area contributed by atoms with Gasteiger partial charge in [0.25, 0.3) is 10.0 Å². The fourth-order valence-electron chi connectivity index (χ4n) is 5.08. The maximum absolute atomic E-state index is 14.5. The van der Waals surface area contributed by atoms with Gasteiger partial charge in [0.05, 0.1) is 17.2 Å². The molecule has 8 nitrogen and oxygen atoms in total. The summed E-state index contributed by atoms with van der Waals surface area (Å²) in [5, 5.41) is 2.98. The van der Waals surface area contributed by atoms with Crippen LogP contribution in [0.1, 0.15) is 37.5 Å². The number of carbonyl (C=O) groups excluding carboxylic acids is 2. The van der Waals surface area contributed by atoms with Crippen LogP contribution >= 0.6 is 15.9 Å². The highest BCUT2D eigenvalue weighted by molar-refractivity contribution is 9.10. The van der Waals surface area contributed by atoms with E-state index in [2.05, 4.69) is 21.2 Å². The minimum Gasteiger partial charge on any atom is -0.494 e. The Morgan fingerprint density at radius 2 is 1.52 bits per heavy atom. The van der Waals surface area contributed by atoms with E-state index in [4.69, 9.17) is 4.74 Å². The molecule has 0 saturated heterocycles. The Morgan fingerprint density at radius 1 is 0.870 bits per heavy atom. The van der Waals surface area contributed by atoms with Gasteiger partial charge in [0, 0.05) is 23.5 Å². The summed E-state index contributed by atoms with van der Waals surface area (Å²) in [6, 6.07) is 29.0. The number of nitrogens with zero attached hydrogens (tertiary/aromatic N) is 2. The summed E-state index contributed by atoms with van der Waals surface area (Å²) in [7, 11) is -4.20. The zero-order chi connectivity index (χ0) is 33.3. The number of halogens is 1. The third-order valence-electron chi connectivity index (χ3n) is 7.25. The van der Waals surface area contributed by atoms with E-state index in [1.54, 1.807) is 36.4 Å². The molecule has 0 aliphatic carbocycles. The van der Waals surface area contributed by atoms with Gasteiger partial charge in [-0.2, -0.15) is 0 Å².